The number of benzene rings is 8. The van der Waals surface area contributed by atoms with Gasteiger partial charge in [0.1, 0.15) is 0 Å². The van der Waals surface area contributed by atoms with E-state index in [4.69, 9.17) is 0 Å². The molecule has 0 bridgehead atoms. The topological polar surface area (TPSA) is 9.72 Å². The Morgan fingerprint density at radius 1 is 0.438 bits per heavy atom. The maximum Gasteiger partial charge on any atom is 0.252 e. The highest BCUT2D eigenvalue weighted by Gasteiger charge is 2.47. The Hall–Kier alpha value is -6.56. The Kier molecular flexibility index (Phi) is 11.7. The summed E-state index contributed by atoms with van der Waals surface area (Å²) in [6.07, 6.45) is 4.68. The van der Waals surface area contributed by atoms with E-state index in [-0.39, 0.29) is 39.2 Å². The van der Waals surface area contributed by atoms with Gasteiger partial charge in [-0.15, -0.1) is 11.3 Å². The van der Waals surface area contributed by atoms with Crippen molar-refractivity contribution >= 4 is 106 Å². The monoisotopic (exact) mass is 1070 g/mol. The third kappa shape index (κ3) is 8.24. The van der Waals surface area contributed by atoms with Crippen LogP contribution in [-0.2, 0) is 32.5 Å². The molecule has 0 unspecified atom stereocenters. The van der Waals surface area contributed by atoms with E-state index in [1.807, 2.05) is 11.3 Å². The summed E-state index contributed by atoms with van der Waals surface area (Å²) < 4.78 is 2.63. The molecule has 8 aromatic carbocycles. The first-order valence-electron chi connectivity index (χ1n) is 29.8. The van der Waals surface area contributed by atoms with Crippen molar-refractivity contribution in [3.8, 4) is 0 Å². The number of rotatable bonds is 5. The van der Waals surface area contributed by atoms with Crippen molar-refractivity contribution in [3.63, 3.8) is 0 Å². The Morgan fingerprint density at radius 3 is 1.51 bits per heavy atom. The van der Waals surface area contributed by atoms with Gasteiger partial charge in [0.25, 0.3) is 6.71 Å². The lowest BCUT2D eigenvalue weighted by molar-refractivity contribution is 0.332. The van der Waals surface area contributed by atoms with Crippen LogP contribution in [0.3, 0.4) is 0 Å². The molecule has 0 amide bonds. The average molecular weight is 1070 g/mol. The molecule has 13 rings (SSSR count). The number of aryl methyl sites for hydroxylation is 3. The smallest absolute Gasteiger partial charge is 0.252 e. The van der Waals surface area contributed by atoms with Crippen molar-refractivity contribution < 1.29 is 0 Å². The third-order valence-electron chi connectivity index (χ3n) is 19.7. The third-order valence-corrected chi connectivity index (χ3v) is 20.9. The molecule has 2 aliphatic carbocycles. The molecule has 80 heavy (non-hydrogen) atoms. The molecule has 1 aromatic heterocycles. The summed E-state index contributed by atoms with van der Waals surface area (Å²) in [5.41, 5.74) is 27.9. The van der Waals surface area contributed by atoms with E-state index in [9.17, 15) is 0 Å². The minimum atomic E-state index is -0.0200. The van der Waals surface area contributed by atoms with Crippen molar-refractivity contribution in [2.45, 2.75) is 176 Å². The molecule has 2 aliphatic heterocycles. The molecule has 9 aromatic rings. The fourth-order valence-electron chi connectivity index (χ4n) is 14.6. The van der Waals surface area contributed by atoms with Gasteiger partial charge in [-0.25, -0.2) is 0 Å². The highest BCUT2D eigenvalue weighted by Crippen LogP contribution is 2.54. The van der Waals surface area contributed by atoms with Crippen LogP contribution >= 0.6 is 11.3 Å². The number of hydrogen-bond donors (Lipinski definition) is 0. The molecule has 0 fully saturated rings. The van der Waals surface area contributed by atoms with Gasteiger partial charge in [-0.3, -0.25) is 0 Å². The second kappa shape index (κ2) is 17.7. The van der Waals surface area contributed by atoms with Gasteiger partial charge in [-0.2, -0.15) is 0 Å². The van der Waals surface area contributed by atoms with Crippen LogP contribution in [0.25, 0.3) is 20.2 Å². The molecule has 3 nitrogen and oxygen atoms in total. The van der Waals surface area contributed by atoms with Crippen LogP contribution < -0.4 is 31.1 Å². The lowest BCUT2D eigenvalue weighted by Gasteiger charge is -2.48. The van der Waals surface area contributed by atoms with E-state index in [0.717, 1.165) is 18.5 Å². The number of nitrogens with zero attached hydrogens (tertiary/aromatic N) is 3. The predicted molar refractivity (Wildman–Crippen MR) is 350 cm³/mol. The van der Waals surface area contributed by atoms with Crippen molar-refractivity contribution in [2.24, 2.45) is 0 Å². The zero-order valence-electron chi connectivity index (χ0n) is 50.9. The second-order valence-corrected chi connectivity index (χ2v) is 30.5. The van der Waals surface area contributed by atoms with E-state index < -0.39 is 0 Å². The van der Waals surface area contributed by atoms with Crippen LogP contribution in [0.4, 0.5) is 51.2 Å². The molecule has 0 saturated heterocycles. The SMILES string of the molecule is Cc1cc2c3c(c1)N(c1ccc4c(c1)C(C)(C)CCC4(C)C)c1cc4c(cc1B3c1ccc(N(c3ccc(C(C)(C)C)cc3C)c3ccc(C(C)(C)C)cc3C)cc1N2c1ccc2c(c1)sc1ccccc12)C(C)(C)CCC4(C)C. The molecule has 3 heterocycles. The number of hydrogen-bond acceptors (Lipinski definition) is 4. The van der Waals surface area contributed by atoms with Gasteiger partial charge in [0.2, 0.25) is 0 Å². The lowest BCUT2D eigenvalue weighted by Crippen LogP contribution is -2.62. The van der Waals surface area contributed by atoms with Crippen LogP contribution in [0, 0.1) is 20.8 Å². The maximum absolute atomic E-state index is 2.70. The van der Waals surface area contributed by atoms with Crippen LogP contribution in [0.5, 0.6) is 0 Å². The first-order valence-corrected chi connectivity index (χ1v) is 30.6. The normalized spacial score (nSPS) is 17.4. The van der Waals surface area contributed by atoms with Gasteiger partial charge >= 0.3 is 0 Å². The summed E-state index contributed by atoms with van der Waals surface area (Å²) in [6, 6.07) is 56.0. The summed E-state index contributed by atoms with van der Waals surface area (Å²) in [4.78, 5) is 7.92. The predicted octanol–water partition coefficient (Wildman–Crippen LogP) is 19.8. The summed E-state index contributed by atoms with van der Waals surface area (Å²) in [7, 11) is 0. The van der Waals surface area contributed by atoms with Crippen LogP contribution in [-0.4, -0.2) is 6.71 Å². The molecule has 5 heteroatoms. The molecular formula is C75H82BN3S. The second-order valence-electron chi connectivity index (χ2n) is 29.4. The minimum Gasteiger partial charge on any atom is -0.311 e. The fraction of sp³-hybridized carbons (Fsp3) is 0.360. The van der Waals surface area contributed by atoms with Crippen LogP contribution in [0.15, 0.2) is 140 Å². The molecule has 0 N–H and O–H groups in total. The zero-order chi connectivity index (χ0) is 56.5. The van der Waals surface area contributed by atoms with E-state index in [1.165, 1.54) is 145 Å². The van der Waals surface area contributed by atoms with Crippen molar-refractivity contribution in [2.75, 3.05) is 14.7 Å². The molecule has 4 aliphatic rings. The van der Waals surface area contributed by atoms with Crippen molar-refractivity contribution in [3.05, 3.63) is 190 Å². The van der Waals surface area contributed by atoms with E-state index in [0.29, 0.717) is 0 Å². The first-order chi connectivity index (χ1) is 37.6. The Labute approximate surface area is 483 Å². The standard InChI is InChI=1S/C75H82BN3S/c1-45-36-65-69-66(37-45)79(52-24-27-54-53-20-18-19-21-67(53)80-68(54)42-52)63-41-51(77(61-30-22-48(38-46(61)2)70(4,5)6)62-31-23-49(39-47(62)3)71(7,8)9)26-29-59(63)76(69)60-43-57-58(75(16,17)35-34-74(57,14)15)44-64(60)78(65)50-25-28-55-56(40-50)73(12,13)33-32-72(55,10)11/h18-31,36-44H,32-35H2,1-17H3. The molecule has 406 valence electrons. The van der Waals surface area contributed by atoms with Gasteiger partial charge in [0, 0.05) is 71.4 Å². The molecule has 0 spiro atoms. The number of fused-ring (bicyclic) bond motifs is 9. The summed E-state index contributed by atoms with van der Waals surface area (Å²) in [5.74, 6) is 0. The van der Waals surface area contributed by atoms with Gasteiger partial charge in [-0.05, 0) is 218 Å². The quantitative estimate of drug-likeness (QED) is 0.159. The van der Waals surface area contributed by atoms with Crippen molar-refractivity contribution in [1.29, 1.82) is 0 Å². The average Bonchev–Trinajstić information content (AvgIpc) is 3.91. The van der Waals surface area contributed by atoms with Crippen LogP contribution in [0.2, 0.25) is 0 Å². The van der Waals surface area contributed by atoms with Crippen LogP contribution in [0.1, 0.15) is 173 Å². The summed E-state index contributed by atoms with van der Waals surface area (Å²) in [5, 5.41) is 2.64. The summed E-state index contributed by atoms with van der Waals surface area (Å²) in [6.45, 7) is 40.7. The van der Waals surface area contributed by atoms with Gasteiger partial charge in [0.15, 0.2) is 0 Å². The van der Waals surface area contributed by atoms with Gasteiger partial charge < -0.3 is 14.7 Å². The zero-order valence-corrected chi connectivity index (χ0v) is 51.8. The van der Waals surface area contributed by atoms with Gasteiger partial charge in [0.05, 0.1) is 0 Å². The molecule has 0 radical (unpaired) electrons. The fourth-order valence-corrected chi connectivity index (χ4v) is 15.7. The highest BCUT2D eigenvalue weighted by molar-refractivity contribution is 7.25. The van der Waals surface area contributed by atoms with E-state index in [1.54, 1.807) is 0 Å². The Bertz CT molecular complexity index is 3990. The van der Waals surface area contributed by atoms with Gasteiger partial charge in [-0.1, -0.05) is 164 Å². The Morgan fingerprint density at radius 2 is 0.938 bits per heavy atom. The maximum atomic E-state index is 2.70. The molecule has 0 saturated carbocycles. The van der Waals surface area contributed by atoms with E-state index in [2.05, 4.69) is 272 Å². The lowest BCUT2D eigenvalue weighted by atomic mass is 9.33. The Balaban J connectivity index is 1.12. The summed E-state index contributed by atoms with van der Waals surface area (Å²) >= 11 is 1.90. The number of thiophene rings is 1. The largest absolute Gasteiger partial charge is 0.311 e. The minimum absolute atomic E-state index is 0.0200. The molecular weight excluding hydrogens is 986 g/mol. The highest BCUT2D eigenvalue weighted by atomic mass is 32.1. The van der Waals surface area contributed by atoms with E-state index >= 15 is 0 Å². The number of anilines is 9. The molecule has 0 atom stereocenters. The van der Waals surface area contributed by atoms with Crippen molar-refractivity contribution in [1.82, 2.24) is 0 Å². The first kappa shape index (κ1) is 52.8.